The molecule has 14 rings (SSSR count). The first-order valence-corrected chi connectivity index (χ1v) is 21.6. The average molecular weight is 810 g/mol. The summed E-state index contributed by atoms with van der Waals surface area (Å²) in [4.78, 5) is 10.9. The molecule has 0 N–H and O–H groups in total. The van der Waals surface area contributed by atoms with Crippen molar-refractivity contribution in [2.45, 2.75) is 0 Å². The molecule has 0 radical (unpaired) electrons. The summed E-state index contributed by atoms with van der Waals surface area (Å²) in [6.45, 7) is 0. The number of hydrogen-bond donors (Lipinski definition) is 0. The second-order valence-corrected chi connectivity index (χ2v) is 17.1. The number of fused-ring (bicyclic) bond motifs is 15. The Hall–Kier alpha value is -8.06. The number of benzene rings is 9. The molecule has 0 unspecified atom stereocenters. The van der Waals surface area contributed by atoms with E-state index in [-0.39, 0.29) is 0 Å². The van der Waals surface area contributed by atoms with Crippen molar-refractivity contribution < 1.29 is 8.83 Å². The zero-order chi connectivity index (χ0) is 40.5. The van der Waals surface area contributed by atoms with E-state index in [1.165, 1.54) is 15.8 Å². The van der Waals surface area contributed by atoms with Crippen molar-refractivity contribution in [1.82, 2.24) is 14.5 Å². The van der Waals surface area contributed by atoms with Gasteiger partial charge in [0, 0.05) is 48.1 Å². The van der Waals surface area contributed by atoms with Crippen LogP contribution in [-0.4, -0.2) is 14.5 Å². The van der Waals surface area contributed by atoms with Crippen LogP contribution in [0.2, 0.25) is 0 Å². The van der Waals surface area contributed by atoms with E-state index in [0.717, 1.165) is 114 Å². The Balaban J connectivity index is 1.03. The first kappa shape index (κ1) is 33.7. The lowest BCUT2D eigenvalue weighted by atomic mass is 9.93. The third-order valence-electron chi connectivity index (χ3n) is 12.6. The van der Waals surface area contributed by atoms with Gasteiger partial charge in [-0.3, -0.25) is 4.57 Å². The lowest BCUT2D eigenvalue weighted by molar-refractivity contribution is 0.669. The molecule has 0 saturated carbocycles. The summed E-state index contributed by atoms with van der Waals surface area (Å²) in [6.07, 6.45) is 0. The second kappa shape index (κ2) is 12.7. The summed E-state index contributed by atoms with van der Waals surface area (Å²) in [5.74, 6) is 0.622. The van der Waals surface area contributed by atoms with Gasteiger partial charge in [0.05, 0.1) is 32.3 Å². The average Bonchev–Trinajstić information content (AvgIpc) is 4.10. The molecule has 0 amide bonds. The predicted molar refractivity (Wildman–Crippen MR) is 258 cm³/mol. The van der Waals surface area contributed by atoms with Gasteiger partial charge in [-0.2, -0.15) is 0 Å². The van der Waals surface area contributed by atoms with E-state index in [4.69, 9.17) is 18.8 Å². The van der Waals surface area contributed by atoms with E-state index in [9.17, 15) is 0 Å². The van der Waals surface area contributed by atoms with E-state index in [0.29, 0.717) is 5.95 Å². The standard InChI is InChI=1S/C56H31N3O2S/c1-2-13-32(14-3-1)33-25-27-34(28-26-33)51-55-52(41-19-8-11-24-48(41)62-55)58-56(57-51)59-44-22-9-6-18-40(44)50-45(59)30-29-42-49-37-17-5-4-15-35(37)43(31-47(49)61-54(42)50)39-21-12-20-38-36-16-7-10-23-46(36)60-53(38)39/h1-31H. The first-order valence-electron chi connectivity index (χ1n) is 20.8. The van der Waals surface area contributed by atoms with Crippen LogP contribution in [0.15, 0.2) is 197 Å². The van der Waals surface area contributed by atoms with Gasteiger partial charge in [0.15, 0.2) is 0 Å². The summed E-state index contributed by atoms with van der Waals surface area (Å²) in [5.41, 5.74) is 12.8. The molecule has 5 aromatic heterocycles. The predicted octanol–water partition coefficient (Wildman–Crippen LogP) is 15.9. The number of furan rings is 2. The monoisotopic (exact) mass is 809 g/mol. The fraction of sp³-hybridized carbons (Fsp3) is 0. The third kappa shape index (κ3) is 4.72. The van der Waals surface area contributed by atoms with Crippen molar-refractivity contribution in [2.75, 3.05) is 0 Å². The van der Waals surface area contributed by atoms with Gasteiger partial charge in [-0.1, -0.05) is 152 Å². The van der Waals surface area contributed by atoms with Gasteiger partial charge in [0.1, 0.15) is 22.3 Å². The van der Waals surface area contributed by atoms with Gasteiger partial charge >= 0.3 is 0 Å². The van der Waals surface area contributed by atoms with Crippen molar-refractivity contribution in [3.8, 4) is 39.5 Å². The molecule has 0 aliphatic heterocycles. The van der Waals surface area contributed by atoms with Crippen molar-refractivity contribution >= 4 is 108 Å². The number of nitrogens with zero attached hydrogens (tertiary/aromatic N) is 3. The molecule has 9 aromatic carbocycles. The lowest BCUT2D eigenvalue weighted by Crippen LogP contribution is -2.02. The van der Waals surface area contributed by atoms with Crippen LogP contribution in [0.4, 0.5) is 0 Å². The van der Waals surface area contributed by atoms with E-state index in [1.54, 1.807) is 11.3 Å². The molecular formula is C56H31N3O2S. The molecule has 0 saturated heterocycles. The molecule has 0 bridgehead atoms. The minimum atomic E-state index is 0.622. The van der Waals surface area contributed by atoms with Crippen LogP contribution in [0.1, 0.15) is 0 Å². The van der Waals surface area contributed by atoms with Crippen LogP contribution in [-0.2, 0) is 0 Å². The zero-order valence-electron chi connectivity index (χ0n) is 33.0. The van der Waals surface area contributed by atoms with Crippen molar-refractivity contribution in [2.24, 2.45) is 0 Å². The summed E-state index contributed by atoms with van der Waals surface area (Å²) in [7, 11) is 0. The van der Waals surface area contributed by atoms with Crippen LogP contribution in [0.3, 0.4) is 0 Å². The van der Waals surface area contributed by atoms with Crippen molar-refractivity contribution in [1.29, 1.82) is 0 Å². The van der Waals surface area contributed by atoms with Crippen LogP contribution in [0.25, 0.3) is 136 Å². The first-order chi connectivity index (χ1) is 30.7. The Morgan fingerprint density at radius 3 is 1.95 bits per heavy atom. The third-order valence-corrected chi connectivity index (χ3v) is 13.8. The van der Waals surface area contributed by atoms with Gasteiger partial charge < -0.3 is 8.83 Å². The Labute approximate surface area is 357 Å². The minimum absolute atomic E-state index is 0.622. The summed E-state index contributed by atoms with van der Waals surface area (Å²) in [6, 6.07) is 66.3. The summed E-state index contributed by atoms with van der Waals surface area (Å²) in [5, 5.41) is 9.90. The highest BCUT2D eigenvalue weighted by Crippen LogP contribution is 2.47. The highest BCUT2D eigenvalue weighted by atomic mass is 32.1. The Morgan fingerprint density at radius 2 is 1.08 bits per heavy atom. The highest BCUT2D eigenvalue weighted by molar-refractivity contribution is 7.26. The van der Waals surface area contributed by atoms with Gasteiger partial charge in [-0.25, -0.2) is 9.97 Å². The smallest absolute Gasteiger partial charge is 0.235 e. The summed E-state index contributed by atoms with van der Waals surface area (Å²) < 4.78 is 18.2. The fourth-order valence-electron chi connectivity index (χ4n) is 9.87. The highest BCUT2D eigenvalue weighted by Gasteiger charge is 2.24. The minimum Gasteiger partial charge on any atom is -0.455 e. The molecular weight excluding hydrogens is 779 g/mol. The van der Waals surface area contributed by atoms with Crippen LogP contribution < -0.4 is 0 Å². The molecule has 5 heterocycles. The number of aromatic nitrogens is 3. The normalized spacial score (nSPS) is 12.2. The molecule has 0 aliphatic carbocycles. The number of rotatable bonds is 4. The zero-order valence-corrected chi connectivity index (χ0v) is 33.8. The summed E-state index contributed by atoms with van der Waals surface area (Å²) >= 11 is 1.75. The van der Waals surface area contributed by atoms with Crippen molar-refractivity contribution in [3.63, 3.8) is 0 Å². The maximum absolute atomic E-state index is 7.14. The molecule has 5 nitrogen and oxygen atoms in total. The molecule has 0 spiro atoms. The molecule has 0 aliphatic rings. The van der Waals surface area contributed by atoms with E-state index >= 15 is 0 Å². The van der Waals surface area contributed by atoms with Gasteiger partial charge in [0.2, 0.25) is 5.95 Å². The maximum Gasteiger partial charge on any atom is 0.235 e. The molecule has 6 heteroatoms. The van der Waals surface area contributed by atoms with Gasteiger partial charge in [-0.15, -0.1) is 11.3 Å². The van der Waals surface area contributed by atoms with Gasteiger partial charge in [0.25, 0.3) is 0 Å². The Bertz CT molecular complexity index is 4150. The van der Waals surface area contributed by atoms with E-state index in [2.05, 4.69) is 180 Å². The van der Waals surface area contributed by atoms with Crippen molar-refractivity contribution in [3.05, 3.63) is 188 Å². The fourth-order valence-corrected chi connectivity index (χ4v) is 11.0. The van der Waals surface area contributed by atoms with Crippen LogP contribution >= 0.6 is 11.3 Å². The van der Waals surface area contributed by atoms with Gasteiger partial charge in [-0.05, 0) is 63.9 Å². The maximum atomic E-state index is 7.14. The SMILES string of the molecule is c1ccc(-c2ccc(-c3nc(-n4c5ccccc5c5c6oc7cc(-c8cccc9c8oc8ccccc89)c8ccccc8c7c6ccc54)nc4c3sc3ccccc34)cc2)cc1. The molecule has 0 atom stereocenters. The lowest BCUT2D eigenvalue weighted by Gasteiger charge is -2.11. The molecule has 0 fully saturated rings. The molecule has 288 valence electrons. The number of hydrogen-bond acceptors (Lipinski definition) is 5. The molecule has 62 heavy (non-hydrogen) atoms. The number of para-hydroxylation sites is 3. The van der Waals surface area contributed by atoms with Crippen LogP contribution in [0, 0.1) is 0 Å². The molecule has 14 aromatic rings. The second-order valence-electron chi connectivity index (χ2n) is 16.0. The topological polar surface area (TPSA) is 57.0 Å². The van der Waals surface area contributed by atoms with Crippen LogP contribution in [0.5, 0.6) is 0 Å². The Kier molecular flexibility index (Phi) is 6.92. The van der Waals surface area contributed by atoms with E-state index < -0.39 is 0 Å². The quantitative estimate of drug-likeness (QED) is 0.178. The largest absolute Gasteiger partial charge is 0.455 e. The Morgan fingerprint density at radius 1 is 0.403 bits per heavy atom. The van der Waals surface area contributed by atoms with E-state index in [1.807, 2.05) is 12.1 Å². The number of thiophene rings is 1.